The molecule has 3 aliphatic rings. The number of nitrogens with one attached hydrogen (secondary N) is 1. The molecule has 26 heavy (non-hydrogen) atoms. The number of carbonyl (C=O) groups is 1. The maximum Gasteiger partial charge on any atom is 0.251 e. The zero-order chi connectivity index (χ0) is 17.9. The zero-order valence-corrected chi connectivity index (χ0v) is 14.4. The number of hydrogen-bond acceptors (Lipinski definition) is 5. The number of benzene rings is 1. The lowest BCUT2D eigenvalue weighted by molar-refractivity contribution is 0.0620. The number of ether oxygens (including phenoxy) is 1. The van der Waals surface area contributed by atoms with Crippen LogP contribution >= 0.6 is 0 Å². The summed E-state index contributed by atoms with van der Waals surface area (Å²) in [5, 5.41) is 11.9. The van der Waals surface area contributed by atoms with Crippen LogP contribution in [-0.4, -0.2) is 41.5 Å². The van der Waals surface area contributed by atoms with E-state index in [2.05, 4.69) is 15.2 Å². The van der Waals surface area contributed by atoms with Crippen molar-refractivity contribution in [1.82, 2.24) is 15.2 Å². The third-order valence-corrected chi connectivity index (χ3v) is 5.18. The van der Waals surface area contributed by atoms with Crippen LogP contribution in [0.3, 0.4) is 0 Å². The Morgan fingerprint density at radius 2 is 1.88 bits per heavy atom. The average molecular weight is 348 g/mol. The standard InChI is InChI=1S/C20H20N4O2/c21-11-16-3-6-18(12-22-16)26-17-4-1-15(2-5-17)20(25)23-19-13-24-9-7-14(19)8-10-24/h1-6,12,14,19H,7-10,13H2,(H,23,25)/t19-/m0/s1. The van der Waals surface area contributed by atoms with Crippen LogP contribution in [0.2, 0.25) is 0 Å². The highest BCUT2D eigenvalue weighted by molar-refractivity contribution is 5.94. The Morgan fingerprint density at radius 3 is 2.46 bits per heavy atom. The van der Waals surface area contributed by atoms with E-state index in [1.54, 1.807) is 36.4 Å². The van der Waals surface area contributed by atoms with E-state index in [0.717, 1.165) is 19.6 Å². The molecule has 6 nitrogen and oxygen atoms in total. The summed E-state index contributed by atoms with van der Waals surface area (Å²) in [6.45, 7) is 3.28. The van der Waals surface area contributed by atoms with Crippen molar-refractivity contribution in [3.05, 3.63) is 53.9 Å². The van der Waals surface area contributed by atoms with Crippen molar-refractivity contribution in [3.63, 3.8) is 0 Å². The molecule has 0 radical (unpaired) electrons. The SMILES string of the molecule is N#Cc1ccc(Oc2ccc(C(=O)N[C@H]3CN4CCC3CC4)cc2)cn1. The Kier molecular flexibility index (Phi) is 4.55. The molecule has 2 aromatic rings. The molecule has 0 saturated carbocycles. The number of carbonyl (C=O) groups excluding carboxylic acids is 1. The van der Waals surface area contributed by atoms with Gasteiger partial charge in [-0.15, -0.1) is 0 Å². The van der Waals surface area contributed by atoms with Crippen LogP contribution in [0.5, 0.6) is 11.5 Å². The molecule has 3 saturated heterocycles. The lowest BCUT2D eigenvalue weighted by atomic mass is 9.84. The molecular formula is C20H20N4O2. The number of aromatic nitrogens is 1. The number of pyridine rings is 1. The van der Waals surface area contributed by atoms with Gasteiger partial charge in [0.15, 0.2) is 0 Å². The van der Waals surface area contributed by atoms with E-state index < -0.39 is 0 Å². The van der Waals surface area contributed by atoms with Crippen molar-refractivity contribution in [2.24, 2.45) is 5.92 Å². The highest BCUT2D eigenvalue weighted by Gasteiger charge is 2.34. The Labute approximate surface area is 152 Å². The minimum atomic E-state index is -0.0321. The van der Waals surface area contributed by atoms with Gasteiger partial charge in [0.2, 0.25) is 0 Å². The summed E-state index contributed by atoms with van der Waals surface area (Å²) in [5.41, 5.74) is 0.976. The number of piperidine rings is 3. The molecule has 6 heteroatoms. The van der Waals surface area contributed by atoms with Crippen LogP contribution in [-0.2, 0) is 0 Å². The lowest BCUT2D eigenvalue weighted by Crippen LogP contribution is -2.57. The van der Waals surface area contributed by atoms with Gasteiger partial charge in [0.1, 0.15) is 23.3 Å². The summed E-state index contributed by atoms with van der Waals surface area (Å²) in [7, 11) is 0. The van der Waals surface area contributed by atoms with Crippen LogP contribution in [0, 0.1) is 17.2 Å². The number of rotatable bonds is 4. The molecule has 1 atom stereocenters. The minimum absolute atomic E-state index is 0.0321. The van der Waals surface area contributed by atoms with E-state index in [9.17, 15) is 4.79 Å². The molecule has 4 heterocycles. The molecule has 2 bridgehead atoms. The van der Waals surface area contributed by atoms with E-state index in [4.69, 9.17) is 10.00 Å². The fourth-order valence-electron chi connectivity index (χ4n) is 3.70. The molecule has 5 rings (SSSR count). The van der Waals surface area contributed by atoms with Gasteiger partial charge in [-0.3, -0.25) is 4.79 Å². The van der Waals surface area contributed by atoms with Crippen LogP contribution in [0.25, 0.3) is 0 Å². The summed E-state index contributed by atoms with van der Waals surface area (Å²) >= 11 is 0. The molecule has 1 aromatic carbocycles. The second kappa shape index (κ2) is 7.14. The van der Waals surface area contributed by atoms with Crippen LogP contribution in [0.1, 0.15) is 28.9 Å². The first kappa shape index (κ1) is 16.6. The van der Waals surface area contributed by atoms with Gasteiger partial charge < -0.3 is 15.0 Å². The number of amides is 1. The van der Waals surface area contributed by atoms with E-state index in [0.29, 0.717) is 28.7 Å². The molecule has 0 aliphatic carbocycles. The summed E-state index contributed by atoms with van der Waals surface area (Å²) in [4.78, 5) is 18.9. The van der Waals surface area contributed by atoms with Gasteiger partial charge in [-0.2, -0.15) is 5.26 Å². The van der Waals surface area contributed by atoms with Gasteiger partial charge in [0.25, 0.3) is 5.91 Å². The molecule has 3 aliphatic heterocycles. The Bertz CT molecular complexity index is 818. The molecular weight excluding hydrogens is 328 g/mol. The van der Waals surface area contributed by atoms with Gasteiger partial charge in [-0.05, 0) is 68.2 Å². The summed E-state index contributed by atoms with van der Waals surface area (Å²) in [5.74, 6) is 1.75. The number of fused-ring (bicyclic) bond motifs is 3. The van der Waals surface area contributed by atoms with Gasteiger partial charge in [-0.25, -0.2) is 4.98 Å². The summed E-state index contributed by atoms with van der Waals surface area (Å²) < 4.78 is 5.69. The molecule has 1 N–H and O–H groups in total. The quantitative estimate of drug-likeness (QED) is 0.919. The fraction of sp³-hybridized carbons (Fsp3) is 0.350. The van der Waals surface area contributed by atoms with Gasteiger partial charge in [0.05, 0.1) is 6.20 Å². The van der Waals surface area contributed by atoms with Gasteiger partial charge >= 0.3 is 0 Å². The van der Waals surface area contributed by atoms with E-state index in [-0.39, 0.29) is 11.9 Å². The first-order valence-electron chi connectivity index (χ1n) is 8.88. The highest BCUT2D eigenvalue weighted by atomic mass is 16.5. The molecule has 3 fully saturated rings. The topological polar surface area (TPSA) is 78.2 Å². The first-order valence-corrected chi connectivity index (χ1v) is 8.88. The van der Waals surface area contributed by atoms with Crippen molar-refractivity contribution < 1.29 is 9.53 Å². The zero-order valence-electron chi connectivity index (χ0n) is 14.4. The Balaban J connectivity index is 1.37. The molecule has 132 valence electrons. The number of nitriles is 1. The monoisotopic (exact) mass is 348 g/mol. The molecule has 0 spiro atoms. The maximum atomic E-state index is 12.5. The number of nitrogens with zero attached hydrogens (tertiary/aromatic N) is 3. The van der Waals surface area contributed by atoms with E-state index in [1.807, 2.05) is 6.07 Å². The van der Waals surface area contributed by atoms with E-state index >= 15 is 0 Å². The molecule has 1 aromatic heterocycles. The highest BCUT2D eigenvalue weighted by Crippen LogP contribution is 2.28. The van der Waals surface area contributed by atoms with Crippen LogP contribution < -0.4 is 10.1 Å². The molecule has 1 amide bonds. The van der Waals surface area contributed by atoms with Crippen molar-refractivity contribution >= 4 is 5.91 Å². The molecule has 0 unspecified atom stereocenters. The number of hydrogen-bond donors (Lipinski definition) is 1. The van der Waals surface area contributed by atoms with Crippen molar-refractivity contribution in [2.45, 2.75) is 18.9 Å². The van der Waals surface area contributed by atoms with Gasteiger partial charge in [-0.1, -0.05) is 0 Å². The predicted molar refractivity (Wildman–Crippen MR) is 95.9 cm³/mol. The fourth-order valence-corrected chi connectivity index (χ4v) is 3.70. The predicted octanol–water partition coefficient (Wildman–Crippen LogP) is 2.57. The second-order valence-electron chi connectivity index (χ2n) is 6.84. The largest absolute Gasteiger partial charge is 0.456 e. The van der Waals surface area contributed by atoms with Crippen molar-refractivity contribution in [2.75, 3.05) is 19.6 Å². The van der Waals surface area contributed by atoms with Crippen molar-refractivity contribution in [3.8, 4) is 17.6 Å². The first-order chi connectivity index (χ1) is 12.7. The summed E-state index contributed by atoms with van der Waals surface area (Å²) in [6.07, 6.45) is 3.86. The third-order valence-electron chi connectivity index (χ3n) is 5.18. The Hall–Kier alpha value is -2.91. The van der Waals surface area contributed by atoms with Crippen LogP contribution in [0.15, 0.2) is 42.6 Å². The lowest BCUT2D eigenvalue weighted by Gasteiger charge is -2.44. The van der Waals surface area contributed by atoms with Crippen LogP contribution in [0.4, 0.5) is 0 Å². The smallest absolute Gasteiger partial charge is 0.251 e. The average Bonchev–Trinajstić information content (AvgIpc) is 2.70. The Morgan fingerprint density at radius 1 is 1.15 bits per heavy atom. The third kappa shape index (κ3) is 3.53. The normalized spacial score (nSPS) is 23.9. The minimum Gasteiger partial charge on any atom is -0.456 e. The van der Waals surface area contributed by atoms with Crippen molar-refractivity contribution in [1.29, 1.82) is 5.26 Å². The van der Waals surface area contributed by atoms with Gasteiger partial charge in [0, 0.05) is 18.2 Å². The maximum absolute atomic E-state index is 12.5. The van der Waals surface area contributed by atoms with E-state index in [1.165, 1.54) is 19.0 Å². The second-order valence-corrected chi connectivity index (χ2v) is 6.84. The summed E-state index contributed by atoms with van der Waals surface area (Å²) in [6, 6.07) is 12.6.